The minimum atomic E-state index is 0.202. The van der Waals surface area contributed by atoms with Gasteiger partial charge in [-0.25, -0.2) is 0 Å². The highest BCUT2D eigenvalue weighted by Gasteiger charge is 2.19. The quantitative estimate of drug-likeness (QED) is 0.850. The van der Waals surface area contributed by atoms with Gasteiger partial charge in [0.2, 0.25) is 11.7 Å². The summed E-state index contributed by atoms with van der Waals surface area (Å²) in [5.41, 5.74) is 7.99. The average molecular weight is 352 g/mol. The van der Waals surface area contributed by atoms with Gasteiger partial charge in [-0.15, -0.1) is 0 Å². The molecule has 0 radical (unpaired) electrons. The van der Waals surface area contributed by atoms with Gasteiger partial charge < -0.3 is 10.3 Å². The molecule has 0 aliphatic heterocycles. The van der Waals surface area contributed by atoms with E-state index in [-0.39, 0.29) is 5.41 Å². The van der Waals surface area contributed by atoms with Crippen molar-refractivity contribution in [2.24, 2.45) is 11.1 Å². The van der Waals surface area contributed by atoms with E-state index in [1.165, 1.54) is 5.56 Å². The third-order valence-corrected chi connectivity index (χ3v) is 4.33. The van der Waals surface area contributed by atoms with E-state index in [2.05, 4.69) is 52.9 Å². The molecule has 0 atom stereocenters. The molecule has 0 aliphatic rings. The molecule has 0 saturated heterocycles. The number of benzene rings is 1. The number of nitrogens with zero attached hydrogens (tertiary/aromatic N) is 2. The Morgan fingerprint density at radius 1 is 1.29 bits per heavy atom. The van der Waals surface area contributed by atoms with E-state index in [1.807, 2.05) is 12.1 Å². The second-order valence-corrected chi connectivity index (χ2v) is 7.05. The molecule has 0 unspecified atom stereocenters. The summed E-state index contributed by atoms with van der Waals surface area (Å²) < 4.78 is 6.35. The van der Waals surface area contributed by atoms with Gasteiger partial charge in [-0.3, -0.25) is 0 Å². The minimum absolute atomic E-state index is 0.202. The summed E-state index contributed by atoms with van der Waals surface area (Å²) in [4.78, 5) is 4.50. The molecule has 0 fully saturated rings. The first-order valence-corrected chi connectivity index (χ1v) is 8.00. The van der Waals surface area contributed by atoms with Crippen LogP contribution in [-0.4, -0.2) is 16.7 Å². The Bertz CT molecular complexity index is 607. The lowest BCUT2D eigenvalue weighted by Crippen LogP contribution is -2.17. The molecule has 1 aromatic carbocycles. The van der Waals surface area contributed by atoms with Gasteiger partial charge in [-0.2, -0.15) is 4.98 Å². The third-order valence-electron chi connectivity index (χ3n) is 3.67. The molecule has 1 aromatic heterocycles. The normalized spacial score (nSPS) is 11.9. The van der Waals surface area contributed by atoms with Crippen LogP contribution in [0, 0.1) is 12.3 Å². The van der Waals surface area contributed by atoms with Gasteiger partial charge in [0.1, 0.15) is 0 Å². The maximum atomic E-state index is 5.64. The van der Waals surface area contributed by atoms with Crippen molar-refractivity contribution < 1.29 is 4.52 Å². The van der Waals surface area contributed by atoms with Crippen LogP contribution in [0.4, 0.5) is 0 Å². The highest BCUT2D eigenvalue weighted by molar-refractivity contribution is 9.10. The van der Waals surface area contributed by atoms with Crippen LogP contribution >= 0.6 is 15.9 Å². The first kappa shape index (κ1) is 16.2. The SMILES string of the molecule is Cc1ccc(-c2noc(CCC(C)(C)CCN)n2)c(Br)c1. The van der Waals surface area contributed by atoms with E-state index < -0.39 is 0 Å². The van der Waals surface area contributed by atoms with Crippen LogP contribution < -0.4 is 5.73 Å². The van der Waals surface area contributed by atoms with Crippen LogP contribution in [0.5, 0.6) is 0 Å². The lowest BCUT2D eigenvalue weighted by molar-refractivity contribution is 0.289. The van der Waals surface area contributed by atoms with Gasteiger partial charge in [0.05, 0.1) is 0 Å². The predicted octanol–water partition coefficient (Wildman–Crippen LogP) is 4.12. The Balaban J connectivity index is 2.08. The van der Waals surface area contributed by atoms with E-state index in [0.29, 0.717) is 18.3 Å². The zero-order valence-electron chi connectivity index (χ0n) is 12.8. The Hall–Kier alpha value is -1.20. The van der Waals surface area contributed by atoms with Gasteiger partial charge in [-0.05, 0) is 49.4 Å². The van der Waals surface area contributed by atoms with Gasteiger partial charge >= 0.3 is 0 Å². The lowest BCUT2D eigenvalue weighted by atomic mass is 9.84. The van der Waals surface area contributed by atoms with Crippen molar-refractivity contribution in [1.29, 1.82) is 0 Å². The molecule has 2 rings (SSSR count). The summed E-state index contributed by atoms with van der Waals surface area (Å²) in [6.07, 6.45) is 2.77. The Morgan fingerprint density at radius 2 is 2.05 bits per heavy atom. The largest absolute Gasteiger partial charge is 0.339 e. The first-order chi connectivity index (χ1) is 9.91. The molecule has 0 bridgehead atoms. The summed E-state index contributed by atoms with van der Waals surface area (Å²) in [7, 11) is 0. The molecule has 5 heteroatoms. The van der Waals surface area contributed by atoms with Crippen LogP contribution in [-0.2, 0) is 6.42 Å². The molecule has 4 nitrogen and oxygen atoms in total. The average Bonchev–Trinajstić information content (AvgIpc) is 2.85. The van der Waals surface area contributed by atoms with E-state index in [4.69, 9.17) is 10.3 Å². The van der Waals surface area contributed by atoms with Crippen molar-refractivity contribution in [3.63, 3.8) is 0 Å². The number of rotatable bonds is 6. The Labute approximate surface area is 134 Å². The van der Waals surface area contributed by atoms with Gasteiger partial charge in [0.25, 0.3) is 0 Å². The topological polar surface area (TPSA) is 64.9 Å². The highest BCUT2D eigenvalue weighted by Crippen LogP contribution is 2.29. The first-order valence-electron chi connectivity index (χ1n) is 7.20. The van der Waals surface area contributed by atoms with E-state index in [1.54, 1.807) is 0 Å². The maximum Gasteiger partial charge on any atom is 0.226 e. The highest BCUT2D eigenvalue weighted by atomic mass is 79.9. The van der Waals surface area contributed by atoms with Gasteiger partial charge in [0.15, 0.2) is 0 Å². The number of aryl methyl sites for hydroxylation is 2. The molecular weight excluding hydrogens is 330 g/mol. The fraction of sp³-hybridized carbons (Fsp3) is 0.500. The Kier molecular flexibility index (Phi) is 5.17. The van der Waals surface area contributed by atoms with Gasteiger partial charge in [-0.1, -0.05) is 41.0 Å². The van der Waals surface area contributed by atoms with Crippen molar-refractivity contribution in [2.75, 3.05) is 6.54 Å². The fourth-order valence-electron chi connectivity index (χ4n) is 2.23. The predicted molar refractivity (Wildman–Crippen MR) is 87.9 cm³/mol. The van der Waals surface area contributed by atoms with Crippen molar-refractivity contribution in [3.05, 3.63) is 34.1 Å². The molecule has 21 heavy (non-hydrogen) atoms. The fourth-order valence-corrected chi connectivity index (χ4v) is 2.90. The molecule has 2 aromatic rings. The minimum Gasteiger partial charge on any atom is -0.339 e. The second kappa shape index (κ2) is 6.71. The molecule has 0 aliphatic carbocycles. The molecule has 2 N–H and O–H groups in total. The number of hydrogen-bond donors (Lipinski definition) is 1. The van der Waals surface area contributed by atoms with Crippen LogP contribution in [0.25, 0.3) is 11.4 Å². The van der Waals surface area contributed by atoms with Crippen LogP contribution in [0.2, 0.25) is 0 Å². The monoisotopic (exact) mass is 351 g/mol. The van der Waals surface area contributed by atoms with Crippen molar-refractivity contribution in [1.82, 2.24) is 10.1 Å². The summed E-state index contributed by atoms with van der Waals surface area (Å²) >= 11 is 3.55. The van der Waals surface area contributed by atoms with Crippen LogP contribution in [0.3, 0.4) is 0 Å². The van der Waals surface area contributed by atoms with E-state index in [0.717, 1.165) is 29.3 Å². The molecule has 0 amide bonds. The molecule has 0 saturated carbocycles. The standard InChI is InChI=1S/C16H22BrN3O/c1-11-4-5-12(13(17)10-11)15-19-14(21-20-15)6-7-16(2,3)8-9-18/h4-5,10H,6-9,18H2,1-3H3. The Morgan fingerprint density at radius 3 is 2.71 bits per heavy atom. The van der Waals surface area contributed by atoms with Crippen molar-refractivity contribution in [3.8, 4) is 11.4 Å². The van der Waals surface area contributed by atoms with Crippen LogP contribution in [0.1, 0.15) is 38.1 Å². The van der Waals surface area contributed by atoms with E-state index >= 15 is 0 Å². The van der Waals surface area contributed by atoms with Gasteiger partial charge in [0, 0.05) is 16.5 Å². The third kappa shape index (κ3) is 4.38. The summed E-state index contributed by atoms with van der Waals surface area (Å²) in [5.74, 6) is 1.32. The van der Waals surface area contributed by atoms with Crippen molar-refractivity contribution in [2.45, 2.75) is 40.0 Å². The molecule has 114 valence electrons. The van der Waals surface area contributed by atoms with Crippen LogP contribution in [0.15, 0.2) is 27.2 Å². The zero-order valence-corrected chi connectivity index (χ0v) is 14.4. The zero-order chi connectivity index (χ0) is 15.5. The molecule has 1 heterocycles. The summed E-state index contributed by atoms with van der Waals surface area (Å²) in [6, 6.07) is 6.10. The lowest BCUT2D eigenvalue weighted by Gasteiger charge is -2.22. The summed E-state index contributed by atoms with van der Waals surface area (Å²) in [6.45, 7) is 7.19. The number of hydrogen-bond acceptors (Lipinski definition) is 4. The molecule has 0 spiro atoms. The number of halogens is 1. The van der Waals surface area contributed by atoms with Crippen molar-refractivity contribution >= 4 is 15.9 Å². The second-order valence-electron chi connectivity index (χ2n) is 6.20. The maximum absolute atomic E-state index is 5.64. The summed E-state index contributed by atoms with van der Waals surface area (Å²) in [5, 5.41) is 4.08. The smallest absolute Gasteiger partial charge is 0.226 e. The molecular formula is C16H22BrN3O. The number of nitrogens with two attached hydrogens (primary N) is 1. The number of aromatic nitrogens is 2. The van der Waals surface area contributed by atoms with E-state index in [9.17, 15) is 0 Å².